The zero-order valence-corrected chi connectivity index (χ0v) is 23.6. The molecule has 9 rings (SSSR count). The summed E-state index contributed by atoms with van der Waals surface area (Å²) in [6.45, 7) is 9.77. The van der Waals surface area contributed by atoms with Gasteiger partial charge in [0.1, 0.15) is 0 Å². The first-order valence-electron chi connectivity index (χ1n) is 14.1. The van der Waals surface area contributed by atoms with Crippen LogP contribution in [-0.4, -0.2) is 9.13 Å². The molecule has 3 heterocycles. The van der Waals surface area contributed by atoms with Crippen LogP contribution in [0.15, 0.2) is 121 Å². The first-order valence-corrected chi connectivity index (χ1v) is 14.9. The van der Waals surface area contributed by atoms with Crippen LogP contribution >= 0.6 is 11.3 Å². The van der Waals surface area contributed by atoms with Crippen LogP contribution in [0.25, 0.3) is 80.0 Å². The minimum Gasteiger partial charge on any atom is -0.310 e. The van der Waals surface area contributed by atoms with E-state index in [1.165, 1.54) is 64.0 Å². The van der Waals surface area contributed by atoms with Gasteiger partial charge in [-0.2, -0.15) is 0 Å². The van der Waals surface area contributed by atoms with Crippen LogP contribution in [0.5, 0.6) is 0 Å². The van der Waals surface area contributed by atoms with E-state index >= 15 is 0 Å². The molecule has 0 aliphatic rings. The Morgan fingerprint density at radius 2 is 1.02 bits per heavy atom. The van der Waals surface area contributed by atoms with Crippen molar-refractivity contribution in [3.63, 3.8) is 0 Å². The van der Waals surface area contributed by atoms with Gasteiger partial charge in [0.2, 0.25) is 0 Å². The molecule has 0 bridgehead atoms. The maximum atomic E-state index is 7.64. The lowest BCUT2D eigenvalue weighted by Crippen LogP contribution is -1.94. The number of rotatable bonds is 2. The number of benzene rings is 6. The normalized spacial score (nSPS) is 11.9. The molecular formula is C38H23N3S. The molecule has 9 aromatic rings. The molecule has 42 heavy (non-hydrogen) atoms. The van der Waals surface area contributed by atoms with Gasteiger partial charge in [0.25, 0.3) is 0 Å². The topological polar surface area (TPSA) is 14.2 Å². The number of thiophene rings is 1. The zero-order chi connectivity index (χ0) is 27.9. The van der Waals surface area contributed by atoms with Crippen molar-refractivity contribution in [2.75, 3.05) is 0 Å². The third kappa shape index (κ3) is 3.20. The van der Waals surface area contributed by atoms with E-state index in [9.17, 15) is 0 Å². The second-order valence-corrected chi connectivity index (χ2v) is 12.1. The number of para-hydroxylation sites is 2. The Bertz CT molecular complexity index is 2550. The predicted octanol–water partition coefficient (Wildman–Crippen LogP) is 11.1. The second kappa shape index (κ2) is 8.57. The first-order chi connectivity index (χ1) is 20.7. The van der Waals surface area contributed by atoms with Gasteiger partial charge in [0.15, 0.2) is 5.69 Å². The van der Waals surface area contributed by atoms with Gasteiger partial charge in [-0.05, 0) is 73.2 Å². The summed E-state index contributed by atoms with van der Waals surface area (Å²) < 4.78 is 7.26. The first kappa shape index (κ1) is 23.3. The molecule has 6 aromatic carbocycles. The van der Waals surface area contributed by atoms with Crippen LogP contribution in [0.1, 0.15) is 5.56 Å². The van der Waals surface area contributed by atoms with E-state index < -0.39 is 0 Å². The fraction of sp³-hybridized carbons (Fsp3) is 0.0263. The SMILES string of the molecule is [C-]#[N+]c1ccc2c3ccc(C)cc3n(-c3ccc4sc5ccc(-n6c7ccccc7c7ccccc76)cc5c4c3)c2c1. The maximum Gasteiger partial charge on any atom is 0.189 e. The van der Waals surface area contributed by atoms with Crippen LogP contribution in [0.2, 0.25) is 0 Å². The summed E-state index contributed by atoms with van der Waals surface area (Å²) in [5.41, 5.74) is 8.81. The molecule has 0 radical (unpaired) electrons. The fourth-order valence-corrected chi connectivity index (χ4v) is 7.76. The van der Waals surface area contributed by atoms with E-state index in [1.807, 2.05) is 23.5 Å². The summed E-state index contributed by atoms with van der Waals surface area (Å²) in [7, 11) is 0. The quantitative estimate of drug-likeness (QED) is 0.189. The van der Waals surface area contributed by atoms with E-state index in [0.717, 1.165) is 16.7 Å². The molecule has 0 aliphatic carbocycles. The average Bonchev–Trinajstić information content (AvgIpc) is 3.67. The third-order valence-electron chi connectivity index (χ3n) is 8.57. The Kier molecular flexibility index (Phi) is 4.76. The maximum absolute atomic E-state index is 7.64. The van der Waals surface area contributed by atoms with E-state index in [-0.39, 0.29) is 0 Å². The Morgan fingerprint density at radius 3 is 1.64 bits per heavy atom. The Labute approximate surface area is 245 Å². The third-order valence-corrected chi connectivity index (χ3v) is 9.72. The number of hydrogen-bond donors (Lipinski definition) is 0. The minimum atomic E-state index is 0.654. The van der Waals surface area contributed by atoms with Crippen LogP contribution in [0.3, 0.4) is 0 Å². The van der Waals surface area contributed by atoms with Crippen LogP contribution in [-0.2, 0) is 0 Å². The van der Waals surface area contributed by atoms with Crippen molar-refractivity contribution >= 4 is 80.8 Å². The highest BCUT2D eigenvalue weighted by Gasteiger charge is 2.16. The van der Waals surface area contributed by atoms with Crippen molar-refractivity contribution in [1.82, 2.24) is 9.13 Å². The number of fused-ring (bicyclic) bond motifs is 9. The van der Waals surface area contributed by atoms with Crippen molar-refractivity contribution in [3.05, 3.63) is 138 Å². The van der Waals surface area contributed by atoms with Crippen molar-refractivity contribution in [1.29, 1.82) is 0 Å². The number of nitrogens with zero attached hydrogens (tertiary/aromatic N) is 3. The molecule has 0 N–H and O–H groups in total. The molecule has 0 atom stereocenters. The molecule has 3 aromatic heterocycles. The average molecular weight is 554 g/mol. The summed E-state index contributed by atoms with van der Waals surface area (Å²) in [5.74, 6) is 0. The second-order valence-electron chi connectivity index (χ2n) is 11.0. The summed E-state index contributed by atoms with van der Waals surface area (Å²) in [6, 6.07) is 43.7. The fourth-order valence-electron chi connectivity index (χ4n) is 6.70. The van der Waals surface area contributed by atoms with Gasteiger partial charge in [0.05, 0.1) is 23.1 Å². The lowest BCUT2D eigenvalue weighted by atomic mass is 10.1. The van der Waals surface area contributed by atoms with Crippen molar-refractivity contribution < 1.29 is 0 Å². The lowest BCUT2D eigenvalue weighted by molar-refractivity contribution is 1.18. The number of aromatic nitrogens is 2. The van der Waals surface area contributed by atoms with Gasteiger partial charge in [-0.15, -0.1) is 11.3 Å². The van der Waals surface area contributed by atoms with Gasteiger partial charge in [-0.25, -0.2) is 4.85 Å². The predicted molar refractivity (Wildman–Crippen MR) is 179 cm³/mol. The molecule has 0 spiro atoms. The molecule has 0 unspecified atom stereocenters. The Hall–Kier alpha value is -5.37. The summed E-state index contributed by atoms with van der Waals surface area (Å²) in [5, 5.41) is 7.42. The summed E-state index contributed by atoms with van der Waals surface area (Å²) in [4.78, 5) is 3.74. The van der Waals surface area contributed by atoms with Crippen molar-refractivity contribution in [3.8, 4) is 11.4 Å². The van der Waals surface area contributed by atoms with E-state index in [4.69, 9.17) is 6.57 Å². The highest BCUT2D eigenvalue weighted by Crippen LogP contribution is 2.40. The van der Waals surface area contributed by atoms with E-state index in [0.29, 0.717) is 5.69 Å². The van der Waals surface area contributed by atoms with Gasteiger partial charge in [-0.3, -0.25) is 0 Å². The monoisotopic (exact) mass is 553 g/mol. The highest BCUT2D eigenvalue weighted by molar-refractivity contribution is 7.25. The minimum absolute atomic E-state index is 0.654. The van der Waals surface area contributed by atoms with Crippen molar-refractivity contribution in [2.45, 2.75) is 6.92 Å². The molecule has 0 amide bonds. The van der Waals surface area contributed by atoms with E-state index in [2.05, 4.69) is 130 Å². The summed E-state index contributed by atoms with van der Waals surface area (Å²) >= 11 is 1.84. The standard InChI is InChI=1S/C38H23N3S/c1-23-11-15-29-30-16-12-24(39-2)20-36(30)41(35(29)19-23)26-14-18-38-32(22-26)31-21-25(13-17-37(31)42-38)40-33-9-5-3-7-27(33)28-8-4-6-10-34(28)40/h3-22H,1H3. The summed E-state index contributed by atoms with van der Waals surface area (Å²) in [6.07, 6.45) is 0. The van der Waals surface area contributed by atoms with Gasteiger partial charge in [-0.1, -0.05) is 60.7 Å². The number of aryl methyl sites for hydroxylation is 1. The van der Waals surface area contributed by atoms with Gasteiger partial charge < -0.3 is 9.13 Å². The smallest absolute Gasteiger partial charge is 0.189 e. The van der Waals surface area contributed by atoms with Crippen LogP contribution in [0, 0.1) is 13.5 Å². The molecule has 4 heteroatoms. The molecule has 0 fully saturated rings. The van der Waals surface area contributed by atoms with Crippen LogP contribution in [0.4, 0.5) is 5.69 Å². The molecule has 3 nitrogen and oxygen atoms in total. The number of hydrogen-bond acceptors (Lipinski definition) is 1. The molecule has 0 saturated carbocycles. The molecule has 196 valence electrons. The van der Waals surface area contributed by atoms with Crippen molar-refractivity contribution in [2.24, 2.45) is 0 Å². The Balaban J connectivity index is 1.33. The van der Waals surface area contributed by atoms with Gasteiger partial charge in [0, 0.05) is 58.6 Å². The van der Waals surface area contributed by atoms with Gasteiger partial charge >= 0.3 is 0 Å². The molecule has 0 aliphatic heterocycles. The Morgan fingerprint density at radius 1 is 0.500 bits per heavy atom. The molecular weight excluding hydrogens is 531 g/mol. The highest BCUT2D eigenvalue weighted by atomic mass is 32.1. The molecule has 0 saturated heterocycles. The van der Waals surface area contributed by atoms with Crippen LogP contribution < -0.4 is 0 Å². The van der Waals surface area contributed by atoms with E-state index in [1.54, 1.807) is 0 Å². The lowest BCUT2D eigenvalue weighted by Gasteiger charge is -2.10. The largest absolute Gasteiger partial charge is 0.310 e. The zero-order valence-electron chi connectivity index (χ0n) is 22.8.